The fourth-order valence-electron chi connectivity index (χ4n) is 2.15. The van der Waals surface area contributed by atoms with Crippen LogP contribution in [0.4, 0.5) is 0 Å². The highest BCUT2D eigenvalue weighted by atomic mass is 79.9. The van der Waals surface area contributed by atoms with Crippen molar-refractivity contribution in [3.8, 4) is 5.75 Å². The molecule has 0 aliphatic carbocycles. The standard InChI is InChI=1S/C17H19BrO2/c1-17(19,14-4-3-5-15(18)12-14)11-10-13-6-8-16(20-2)9-7-13/h3-9,12,19H,10-11H2,1-2H3. The molecule has 0 bridgehead atoms. The Morgan fingerprint density at radius 3 is 2.45 bits per heavy atom. The maximum absolute atomic E-state index is 10.6. The quantitative estimate of drug-likeness (QED) is 0.883. The van der Waals surface area contributed by atoms with E-state index in [1.807, 2.05) is 55.5 Å². The number of methoxy groups -OCH3 is 1. The summed E-state index contributed by atoms with van der Waals surface area (Å²) < 4.78 is 6.13. The van der Waals surface area contributed by atoms with Crippen LogP contribution in [-0.2, 0) is 12.0 Å². The first-order valence-electron chi connectivity index (χ1n) is 6.62. The van der Waals surface area contributed by atoms with Gasteiger partial charge in [0.05, 0.1) is 12.7 Å². The van der Waals surface area contributed by atoms with Crippen LogP contribution in [0.15, 0.2) is 53.0 Å². The second kappa shape index (κ2) is 6.42. The van der Waals surface area contributed by atoms with E-state index in [-0.39, 0.29) is 0 Å². The normalized spacial score (nSPS) is 13.8. The first kappa shape index (κ1) is 15.1. The highest BCUT2D eigenvalue weighted by Gasteiger charge is 2.22. The van der Waals surface area contributed by atoms with Crippen molar-refractivity contribution in [3.05, 3.63) is 64.1 Å². The van der Waals surface area contributed by atoms with Gasteiger partial charge in [-0.1, -0.05) is 40.2 Å². The molecule has 2 rings (SSSR count). The smallest absolute Gasteiger partial charge is 0.118 e. The average molecular weight is 335 g/mol. The maximum Gasteiger partial charge on any atom is 0.118 e. The van der Waals surface area contributed by atoms with Crippen molar-refractivity contribution in [3.63, 3.8) is 0 Å². The summed E-state index contributed by atoms with van der Waals surface area (Å²) in [5.41, 5.74) is 1.30. The number of rotatable bonds is 5. The average Bonchev–Trinajstić information content (AvgIpc) is 2.46. The van der Waals surface area contributed by atoms with E-state index < -0.39 is 5.60 Å². The van der Waals surface area contributed by atoms with Crippen LogP contribution in [0, 0.1) is 0 Å². The number of hydrogen-bond donors (Lipinski definition) is 1. The molecule has 0 amide bonds. The zero-order valence-corrected chi connectivity index (χ0v) is 13.4. The van der Waals surface area contributed by atoms with Crippen molar-refractivity contribution >= 4 is 15.9 Å². The number of benzene rings is 2. The Morgan fingerprint density at radius 1 is 1.15 bits per heavy atom. The lowest BCUT2D eigenvalue weighted by molar-refractivity contribution is 0.0480. The van der Waals surface area contributed by atoms with Crippen LogP contribution in [-0.4, -0.2) is 12.2 Å². The third-order valence-corrected chi connectivity index (χ3v) is 4.00. The fraction of sp³-hybridized carbons (Fsp3) is 0.294. The number of aliphatic hydroxyl groups is 1. The summed E-state index contributed by atoms with van der Waals surface area (Å²) in [5.74, 6) is 0.854. The van der Waals surface area contributed by atoms with Gasteiger partial charge in [0, 0.05) is 4.47 Å². The number of hydrogen-bond acceptors (Lipinski definition) is 2. The first-order valence-corrected chi connectivity index (χ1v) is 7.42. The molecule has 0 heterocycles. The summed E-state index contributed by atoms with van der Waals surface area (Å²) in [6.45, 7) is 1.86. The molecule has 0 fully saturated rings. The van der Waals surface area contributed by atoms with Crippen molar-refractivity contribution < 1.29 is 9.84 Å². The molecule has 0 aliphatic heterocycles. The highest BCUT2D eigenvalue weighted by Crippen LogP contribution is 2.28. The van der Waals surface area contributed by atoms with Crippen LogP contribution in [0.2, 0.25) is 0 Å². The molecule has 3 heteroatoms. The second-order valence-corrected chi connectivity index (χ2v) is 6.05. The Bertz CT molecular complexity index is 561. The molecule has 0 spiro atoms. The summed E-state index contributed by atoms with van der Waals surface area (Å²) in [5, 5.41) is 10.6. The lowest BCUT2D eigenvalue weighted by Gasteiger charge is -2.24. The summed E-state index contributed by atoms with van der Waals surface area (Å²) in [6.07, 6.45) is 1.50. The van der Waals surface area contributed by atoms with E-state index in [0.717, 1.165) is 22.2 Å². The summed E-state index contributed by atoms with van der Waals surface area (Å²) in [6, 6.07) is 15.8. The molecule has 2 nitrogen and oxygen atoms in total. The molecule has 0 saturated heterocycles. The number of ether oxygens (including phenoxy) is 1. The van der Waals surface area contributed by atoms with Gasteiger partial charge in [0.1, 0.15) is 5.75 Å². The van der Waals surface area contributed by atoms with Gasteiger partial charge in [-0.25, -0.2) is 0 Å². The van der Waals surface area contributed by atoms with Gasteiger partial charge in [-0.15, -0.1) is 0 Å². The van der Waals surface area contributed by atoms with E-state index >= 15 is 0 Å². The van der Waals surface area contributed by atoms with Gasteiger partial charge in [0.25, 0.3) is 0 Å². The highest BCUT2D eigenvalue weighted by molar-refractivity contribution is 9.10. The second-order valence-electron chi connectivity index (χ2n) is 5.13. The Morgan fingerprint density at radius 2 is 1.85 bits per heavy atom. The van der Waals surface area contributed by atoms with E-state index in [4.69, 9.17) is 4.74 Å². The van der Waals surface area contributed by atoms with Crippen LogP contribution >= 0.6 is 15.9 Å². The summed E-state index contributed by atoms with van der Waals surface area (Å²) in [7, 11) is 1.66. The van der Waals surface area contributed by atoms with Gasteiger partial charge in [-0.2, -0.15) is 0 Å². The molecule has 106 valence electrons. The molecule has 1 N–H and O–H groups in total. The topological polar surface area (TPSA) is 29.5 Å². The van der Waals surface area contributed by atoms with E-state index in [9.17, 15) is 5.11 Å². The van der Waals surface area contributed by atoms with Crippen molar-refractivity contribution in [2.45, 2.75) is 25.4 Å². The van der Waals surface area contributed by atoms with Gasteiger partial charge in [0.15, 0.2) is 0 Å². The third kappa shape index (κ3) is 3.84. The Hall–Kier alpha value is -1.32. The molecule has 0 radical (unpaired) electrons. The van der Waals surface area contributed by atoms with Gasteiger partial charge in [0.2, 0.25) is 0 Å². The van der Waals surface area contributed by atoms with Gasteiger partial charge in [-0.3, -0.25) is 0 Å². The monoisotopic (exact) mass is 334 g/mol. The van der Waals surface area contributed by atoms with Gasteiger partial charge >= 0.3 is 0 Å². The lowest BCUT2D eigenvalue weighted by Crippen LogP contribution is -2.21. The zero-order valence-electron chi connectivity index (χ0n) is 11.8. The molecule has 1 unspecified atom stereocenters. The van der Waals surface area contributed by atoms with E-state index in [0.29, 0.717) is 6.42 Å². The third-order valence-electron chi connectivity index (χ3n) is 3.51. The van der Waals surface area contributed by atoms with E-state index in [2.05, 4.69) is 15.9 Å². The van der Waals surface area contributed by atoms with Crippen molar-refractivity contribution in [1.82, 2.24) is 0 Å². The SMILES string of the molecule is COc1ccc(CCC(C)(O)c2cccc(Br)c2)cc1. The summed E-state index contributed by atoms with van der Waals surface area (Å²) >= 11 is 3.44. The van der Waals surface area contributed by atoms with E-state index in [1.165, 1.54) is 5.56 Å². The predicted molar refractivity (Wildman–Crippen MR) is 85.0 cm³/mol. The van der Waals surface area contributed by atoms with Crippen LogP contribution in [0.5, 0.6) is 5.75 Å². The zero-order chi connectivity index (χ0) is 14.6. The predicted octanol–water partition coefficient (Wildman–Crippen LogP) is 4.30. The Balaban J connectivity index is 2.04. The van der Waals surface area contributed by atoms with Crippen molar-refractivity contribution in [2.24, 2.45) is 0 Å². The van der Waals surface area contributed by atoms with Crippen molar-refractivity contribution in [2.75, 3.05) is 7.11 Å². The number of aryl methyl sites for hydroxylation is 1. The molecule has 2 aromatic rings. The van der Waals surface area contributed by atoms with E-state index in [1.54, 1.807) is 7.11 Å². The van der Waals surface area contributed by atoms with Crippen LogP contribution in [0.1, 0.15) is 24.5 Å². The molecular formula is C17H19BrO2. The van der Waals surface area contributed by atoms with Crippen LogP contribution < -0.4 is 4.74 Å². The molecular weight excluding hydrogens is 316 g/mol. The van der Waals surface area contributed by atoms with Crippen LogP contribution in [0.3, 0.4) is 0 Å². The van der Waals surface area contributed by atoms with Crippen molar-refractivity contribution in [1.29, 1.82) is 0 Å². The first-order chi connectivity index (χ1) is 9.51. The molecule has 0 aliphatic rings. The van der Waals surface area contributed by atoms with Gasteiger partial charge < -0.3 is 9.84 Å². The minimum absolute atomic E-state index is 0.676. The lowest BCUT2D eigenvalue weighted by atomic mass is 9.89. The van der Waals surface area contributed by atoms with Crippen LogP contribution in [0.25, 0.3) is 0 Å². The minimum atomic E-state index is -0.830. The number of halogens is 1. The minimum Gasteiger partial charge on any atom is -0.497 e. The summed E-state index contributed by atoms with van der Waals surface area (Å²) in [4.78, 5) is 0. The molecule has 1 atom stereocenters. The maximum atomic E-state index is 10.6. The molecule has 2 aromatic carbocycles. The molecule has 20 heavy (non-hydrogen) atoms. The Kier molecular flexibility index (Phi) is 4.84. The van der Waals surface area contributed by atoms with Gasteiger partial charge in [-0.05, 0) is 55.2 Å². The molecule has 0 aromatic heterocycles. The largest absolute Gasteiger partial charge is 0.497 e. The fourth-order valence-corrected chi connectivity index (χ4v) is 2.55. The Labute approximate surface area is 128 Å². The molecule has 0 saturated carbocycles.